The molecule has 1 aromatic carbocycles. The standard InChI is InChI=1S/C22H27FN4O2/c1-3-4-12-25(2)21(28)18-9-7-10-19(24-18)22(29)27-15-13-26(14-16-27)20-11-6-5-8-17(20)23/h5-11H,3-4,12-16H2,1-2H3. The summed E-state index contributed by atoms with van der Waals surface area (Å²) < 4.78 is 14.0. The average Bonchev–Trinajstić information content (AvgIpc) is 2.77. The lowest BCUT2D eigenvalue weighted by atomic mass is 10.2. The first-order chi connectivity index (χ1) is 14.0. The van der Waals surface area contributed by atoms with Crippen molar-refractivity contribution in [2.45, 2.75) is 19.8 Å². The zero-order valence-corrected chi connectivity index (χ0v) is 17.0. The number of benzene rings is 1. The number of hydrogen-bond donors (Lipinski definition) is 0. The first-order valence-corrected chi connectivity index (χ1v) is 10.0. The summed E-state index contributed by atoms with van der Waals surface area (Å²) in [4.78, 5) is 35.0. The third-order valence-corrected chi connectivity index (χ3v) is 5.14. The smallest absolute Gasteiger partial charge is 0.272 e. The van der Waals surface area contributed by atoms with E-state index in [-0.39, 0.29) is 29.0 Å². The van der Waals surface area contributed by atoms with Crippen LogP contribution in [0.2, 0.25) is 0 Å². The van der Waals surface area contributed by atoms with E-state index < -0.39 is 0 Å². The number of nitrogens with zero attached hydrogens (tertiary/aromatic N) is 4. The van der Waals surface area contributed by atoms with Gasteiger partial charge < -0.3 is 14.7 Å². The number of anilines is 1. The zero-order valence-electron chi connectivity index (χ0n) is 17.0. The highest BCUT2D eigenvalue weighted by Gasteiger charge is 2.25. The molecule has 0 bridgehead atoms. The van der Waals surface area contributed by atoms with E-state index in [9.17, 15) is 14.0 Å². The molecule has 1 aliphatic rings. The number of pyridine rings is 1. The molecule has 154 valence electrons. The maximum atomic E-state index is 14.0. The van der Waals surface area contributed by atoms with E-state index in [1.807, 2.05) is 4.90 Å². The molecule has 7 heteroatoms. The minimum absolute atomic E-state index is 0.183. The Kier molecular flexibility index (Phi) is 6.80. The van der Waals surface area contributed by atoms with Crippen LogP contribution in [-0.2, 0) is 0 Å². The molecule has 0 unspecified atom stereocenters. The van der Waals surface area contributed by atoms with Gasteiger partial charge in [0.2, 0.25) is 0 Å². The summed E-state index contributed by atoms with van der Waals surface area (Å²) in [6.45, 7) is 4.78. The van der Waals surface area contributed by atoms with Crippen molar-refractivity contribution in [3.8, 4) is 0 Å². The fourth-order valence-electron chi connectivity index (χ4n) is 3.39. The quantitative estimate of drug-likeness (QED) is 0.751. The molecule has 6 nitrogen and oxygen atoms in total. The van der Waals surface area contributed by atoms with Crippen molar-refractivity contribution in [1.82, 2.24) is 14.8 Å². The van der Waals surface area contributed by atoms with E-state index in [4.69, 9.17) is 0 Å². The van der Waals surface area contributed by atoms with Crippen LogP contribution < -0.4 is 4.90 Å². The third-order valence-electron chi connectivity index (χ3n) is 5.14. The number of unbranched alkanes of at least 4 members (excludes halogenated alkanes) is 1. The number of carbonyl (C=O) groups excluding carboxylic acids is 2. The van der Waals surface area contributed by atoms with Crippen LogP contribution in [-0.4, -0.2) is 66.4 Å². The number of piperazine rings is 1. The molecule has 0 spiro atoms. The molecular formula is C22H27FN4O2. The first kappa shape index (κ1) is 20.8. The van der Waals surface area contributed by atoms with Gasteiger partial charge in [0.25, 0.3) is 11.8 Å². The van der Waals surface area contributed by atoms with Gasteiger partial charge in [-0.15, -0.1) is 0 Å². The average molecular weight is 398 g/mol. The fraction of sp³-hybridized carbons (Fsp3) is 0.409. The van der Waals surface area contributed by atoms with E-state index in [1.165, 1.54) is 6.07 Å². The maximum absolute atomic E-state index is 14.0. The number of para-hydroxylation sites is 1. The second-order valence-electron chi connectivity index (χ2n) is 7.22. The van der Waals surface area contributed by atoms with Gasteiger partial charge in [-0.05, 0) is 30.7 Å². The van der Waals surface area contributed by atoms with Gasteiger partial charge in [-0.3, -0.25) is 9.59 Å². The predicted octanol–water partition coefficient (Wildman–Crippen LogP) is 3.06. The largest absolute Gasteiger partial charge is 0.366 e. The minimum Gasteiger partial charge on any atom is -0.366 e. The van der Waals surface area contributed by atoms with Gasteiger partial charge in [-0.2, -0.15) is 0 Å². The highest BCUT2D eigenvalue weighted by molar-refractivity contribution is 5.96. The van der Waals surface area contributed by atoms with Gasteiger partial charge in [-0.1, -0.05) is 31.5 Å². The van der Waals surface area contributed by atoms with Crippen LogP contribution in [0.1, 0.15) is 40.7 Å². The molecule has 0 N–H and O–H groups in total. The van der Waals surface area contributed by atoms with Crippen molar-refractivity contribution >= 4 is 17.5 Å². The second-order valence-corrected chi connectivity index (χ2v) is 7.22. The molecule has 2 heterocycles. The Balaban J connectivity index is 1.64. The summed E-state index contributed by atoms with van der Waals surface area (Å²) >= 11 is 0. The molecule has 0 atom stereocenters. The topological polar surface area (TPSA) is 56.8 Å². The Bertz CT molecular complexity index is 865. The van der Waals surface area contributed by atoms with Crippen molar-refractivity contribution in [3.63, 3.8) is 0 Å². The number of halogens is 1. The van der Waals surface area contributed by atoms with Gasteiger partial charge in [0.1, 0.15) is 17.2 Å². The molecule has 1 aromatic heterocycles. The lowest BCUT2D eigenvalue weighted by Crippen LogP contribution is -2.49. The van der Waals surface area contributed by atoms with Crippen LogP contribution in [0.4, 0.5) is 10.1 Å². The van der Waals surface area contributed by atoms with Gasteiger partial charge in [0, 0.05) is 39.8 Å². The van der Waals surface area contributed by atoms with E-state index in [0.29, 0.717) is 38.4 Å². The van der Waals surface area contributed by atoms with Crippen molar-refractivity contribution in [2.24, 2.45) is 0 Å². The van der Waals surface area contributed by atoms with Crippen LogP contribution in [0, 0.1) is 5.82 Å². The Labute approximate surface area is 170 Å². The summed E-state index contributed by atoms with van der Waals surface area (Å²) in [5, 5.41) is 0. The van der Waals surface area contributed by atoms with Crippen molar-refractivity contribution in [2.75, 3.05) is 44.7 Å². The van der Waals surface area contributed by atoms with Crippen LogP contribution in [0.5, 0.6) is 0 Å². The zero-order chi connectivity index (χ0) is 20.8. The highest BCUT2D eigenvalue weighted by Crippen LogP contribution is 2.20. The third kappa shape index (κ3) is 4.91. The fourth-order valence-corrected chi connectivity index (χ4v) is 3.39. The Morgan fingerprint density at radius 1 is 1.03 bits per heavy atom. The normalized spacial score (nSPS) is 14.0. The number of rotatable bonds is 6. The van der Waals surface area contributed by atoms with Crippen molar-refractivity contribution in [1.29, 1.82) is 0 Å². The summed E-state index contributed by atoms with van der Waals surface area (Å²) in [7, 11) is 1.75. The molecule has 1 fully saturated rings. The van der Waals surface area contributed by atoms with Gasteiger partial charge in [0.15, 0.2) is 0 Å². The predicted molar refractivity (Wildman–Crippen MR) is 111 cm³/mol. The molecule has 0 radical (unpaired) electrons. The SMILES string of the molecule is CCCCN(C)C(=O)c1cccc(C(=O)N2CCN(c3ccccc3F)CC2)n1. The Hall–Kier alpha value is -2.96. The molecule has 1 aliphatic heterocycles. The Morgan fingerprint density at radius 3 is 2.41 bits per heavy atom. The summed E-state index contributed by atoms with van der Waals surface area (Å²) in [6.07, 6.45) is 1.93. The van der Waals surface area contributed by atoms with E-state index in [1.54, 1.807) is 53.2 Å². The number of amides is 2. The molecular weight excluding hydrogens is 371 g/mol. The number of carbonyl (C=O) groups is 2. The van der Waals surface area contributed by atoms with Crippen LogP contribution in [0.25, 0.3) is 0 Å². The maximum Gasteiger partial charge on any atom is 0.272 e. The summed E-state index contributed by atoms with van der Waals surface area (Å²) in [5.41, 5.74) is 1.10. The van der Waals surface area contributed by atoms with Crippen LogP contribution in [0.15, 0.2) is 42.5 Å². The molecule has 2 amide bonds. The van der Waals surface area contributed by atoms with Gasteiger partial charge >= 0.3 is 0 Å². The molecule has 1 saturated heterocycles. The highest BCUT2D eigenvalue weighted by atomic mass is 19.1. The van der Waals surface area contributed by atoms with E-state index in [2.05, 4.69) is 11.9 Å². The molecule has 2 aromatic rings. The van der Waals surface area contributed by atoms with E-state index in [0.717, 1.165) is 12.8 Å². The Morgan fingerprint density at radius 2 is 1.72 bits per heavy atom. The van der Waals surface area contributed by atoms with Crippen LogP contribution >= 0.6 is 0 Å². The number of aromatic nitrogens is 1. The summed E-state index contributed by atoms with van der Waals surface area (Å²) in [5.74, 6) is -0.645. The molecule has 29 heavy (non-hydrogen) atoms. The van der Waals surface area contributed by atoms with E-state index >= 15 is 0 Å². The number of hydrogen-bond acceptors (Lipinski definition) is 4. The summed E-state index contributed by atoms with van der Waals surface area (Å²) in [6, 6.07) is 11.6. The first-order valence-electron chi connectivity index (χ1n) is 10.0. The van der Waals surface area contributed by atoms with Crippen molar-refractivity contribution in [3.05, 3.63) is 59.7 Å². The minimum atomic E-state index is -0.257. The van der Waals surface area contributed by atoms with Gasteiger partial charge in [-0.25, -0.2) is 9.37 Å². The second kappa shape index (κ2) is 9.49. The van der Waals surface area contributed by atoms with Crippen LogP contribution in [0.3, 0.4) is 0 Å². The lowest BCUT2D eigenvalue weighted by Gasteiger charge is -2.36. The molecule has 0 aliphatic carbocycles. The monoisotopic (exact) mass is 398 g/mol. The molecule has 0 saturated carbocycles. The van der Waals surface area contributed by atoms with Gasteiger partial charge in [0.05, 0.1) is 5.69 Å². The molecule has 3 rings (SSSR count). The lowest BCUT2D eigenvalue weighted by molar-refractivity contribution is 0.0739. The van der Waals surface area contributed by atoms with Crippen molar-refractivity contribution < 1.29 is 14.0 Å².